The zero-order valence-electron chi connectivity index (χ0n) is 7.67. The molecule has 0 aliphatic carbocycles. The SMILES string of the molecule is CCC(=O)c1c[nH]c2cc(Br)ncc12. The third-order valence-corrected chi connectivity index (χ3v) is 2.59. The summed E-state index contributed by atoms with van der Waals surface area (Å²) in [5, 5.41) is 0.889. The van der Waals surface area contributed by atoms with Crippen LogP contribution in [-0.4, -0.2) is 15.8 Å². The number of H-pyrrole nitrogens is 1. The van der Waals surface area contributed by atoms with Gasteiger partial charge in [0.1, 0.15) is 4.60 Å². The summed E-state index contributed by atoms with van der Waals surface area (Å²) >= 11 is 3.28. The van der Waals surface area contributed by atoms with Crippen molar-refractivity contribution < 1.29 is 4.79 Å². The summed E-state index contributed by atoms with van der Waals surface area (Å²) in [5.41, 5.74) is 1.66. The van der Waals surface area contributed by atoms with Crippen molar-refractivity contribution in [1.82, 2.24) is 9.97 Å². The number of fused-ring (bicyclic) bond motifs is 1. The second-order valence-electron chi connectivity index (χ2n) is 3.03. The van der Waals surface area contributed by atoms with E-state index >= 15 is 0 Å². The fourth-order valence-corrected chi connectivity index (χ4v) is 1.74. The molecular formula is C10H9BrN2O. The lowest BCUT2D eigenvalue weighted by molar-refractivity contribution is 0.0990. The molecule has 0 aliphatic rings. The molecule has 14 heavy (non-hydrogen) atoms. The Bertz CT molecular complexity index is 490. The Morgan fingerprint density at radius 2 is 2.43 bits per heavy atom. The summed E-state index contributed by atoms with van der Waals surface area (Å²) < 4.78 is 0.766. The van der Waals surface area contributed by atoms with Gasteiger partial charge < -0.3 is 4.98 Å². The number of carbonyl (C=O) groups excluding carboxylic acids is 1. The molecule has 2 heterocycles. The van der Waals surface area contributed by atoms with Crippen LogP contribution in [0.5, 0.6) is 0 Å². The van der Waals surface area contributed by atoms with Gasteiger partial charge in [-0.1, -0.05) is 6.92 Å². The molecule has 4 heteroatoms. The molecule has 0 amide bonds. The standard InChI is InChI=1S/C10H9BrN2O/c1-2-9(14)7-5-12-8-3-10(11)13-4-6(7)8/h3-5,12H,2H2,1H3. The van der Waals surface area contributed by atoms with Crippen molar-refractivity contribution >= 4 is 32.6 Å². The van der Waals surface area contributed by atoms with Gasteiger partial charge in [0, 0.05) is 29.8 Å². The van der Waals surface area contributed by atoms with E-state index in [1.807, 2.05) is 13.0 Å². The maximum atomic E-state index is 11.5. The third kappa shape index (κ3) is 1.46. The maximum absolute atomic E-state index is 11.5. The Morgan fingerprint density at radius 1 is 1.64 bits per heavy atom. The summed E-state index contributed by atoms with van der Waals surface area (Å²) in [7, 11) is 0. The van der Waals surface area contributed by atoms with Gasteiger partial charge in [-0.2, -0.15) is 0 Å². The number of hydrogen-bond acceptors (Lipinski definition) is 2. The molecule has 3 nitrogen and oxygen atoms in total. The Morgan fingerprint density at radius 3 is 3.14 bits per heavy atom. The Labute approximate surface area is 89.7 Å². The largest absolute Gasteiger partial charge is 0.360 e. The van der Waals surface area contributed by atoms with E-state index in [-0.39, 0.29) is 5.78 Å². The highest BCUT2D eigenvalue weighted by Gasteiger charge is 2.10. The number of nitrogens with one attached hydrogen (secondary N) is 1. The molecule has 0 unspecified atom stereocenters. The zero-order valence-corrected chi connectivity index (χ0v) is 9.26. The van der Waals surface area contributed by atoms with Gasteiger partial charge in [-0.3, -0.25) is 4.79 Å². The highest BCUT2D eigenvalue weighted by Crippen LogP contribution is 2.21. The second-order valence-corrected chi connectivity index (χ2v) is 3.84. The first-order valence-corrected chi connectivity index (χ1v) is 5.17. The molecule has 0 fully saturated rings. The summed E-state index contributed by atoms with van der Waals surface area (Å²) in [5.74, 6) is 0.139. The smallest absolute Gasteiger partial charge is 0.164 e. The highest BCUT2D eigenvalue weighted by atomic mass is 79.9. The van der Waals surface area contributed by atoms with E-state index in [1.54, 1.807) is 12.4 Å². The number of pyridine rings is 1. The van der Waals surface area contributed by atoms with E-state index in [0.29, 0.717) is 6.42 Å². The van der Waals surface area contributed by atoms with Crippen molar-refractivity contribution in [3.63, 3.8) is 0 Å². The van der Waals surface area contributed by atoms with Crippen LogP contribution < -0.4 is 0 Å². The summed E-state index contributed by atoms with van der Waals surface area (Å²) in [6, 6.07) is 1.86. The number of hydrogen-bond donors (Lipinski definition) is 1. The van der Waals surface area contributed by atoms with Crippen LogP contribution in [-0.2, 0) is 0 Å². The third-order valence-electron chi connectivity index (χ3n) is 2.15. The van der Waals surface area contributed by atoms with E-state index in [9.17, 15) is 4.79 Å². The van der Waals surface area contributed by atoms with E-state index in [2.05, 4.69) is 25.9 Å². The van der Waals surface area contributed by atoms with E-state index in [0.717, 1.165) is 21.1 Å². The summed E-state index contributed by atoms with van der Waals surface area (Å²) in [6.07, 6.45) is 3.96. The van der Waals surface area contributed by atoms with Gasteiger partial charge >= 0.3 is 0 Å². The molecule has 0 bridgehead atoms. The Balaban J connectivity index is 2.64. The molecule has 2 aromatic rings. The van der Waals surface area contributed by atoms with Crippen molar-refractivity contribution in [3.05, 3.63) is 28.6 Å². The molecule has 2 rings (SSSR count). The van der Waals surface area contributed by atoms with Crippen LogP contribution in [0, 0.1) is 0 Å². The number of carbonyl (C=O) groups is 1. The van der Waals surface area contributed by atoms with Crippen LogP contribution in [0.25, 0.3) is 10.9 Å². The van der Waals surface area contributed by atoms with E-state index < -0.39 is 0 Å². The van der Waals surface area contributed by atoms with Crippen LogP contribution in [0.2, 0.25) is 0 Å². The van der Waals surface area contributed by atoms with Crippen LogP contribution in [0.4, 0.5) is 0 Å². The van der Waals surface area contributed by atoms with Gasteiger partial charge in [0.15, 0.2) is 5.78 Å². The number of aromatic nitrogens is 2. The molecule has 0 saturated carbocycles. The molecule has 0 radical (unpaired) electrons. The van der Waals surface area contributed by atoms with Gasteiger partial charge in [-0.25, -0.2) is 4.98 Å². The Hall–Kier alpha value is -1.16. The lowest BCUT2D eigenvalue weighted by Gasteiger charge is -1.94. The minimum absolute atomic E-state index is 0.139. The average molecular weight is 253 g/mol. The molecule has 0 aliphatic heterocycles. The number of ketones is 1. The lowest BCUT2D eigenvalue weighted by Crippen LogP contribution is -1.94. The number of nitrogens with zero attached hydrogens (tertiary/aromatic N) is 1. The number of aromatic amines is 1. The van der Waals surface area contributed by atoms with Crippen LogP contribution in [0.1, 0.15) is 23.7 Å². The summed E-state index contributed by atoms with van der Waals surface area (Å²) in [6.45, 7) is 1.85. The van der Waals surface area contributed by atoms with Crippen LogP contribution in [0.15, 0.2) is 23.1 Å². The van der Waals surface area contributed by atoms with Crippen molar-refractivity contribution in [2.24, 2.45) is 0 Å². The predicted octanol–water partition coefficient (Wildman–Crippen LogP) is 2.92. The van der Waals surface area contributed by atoms with Gasteiger partial charge in [0.25, 0.3) is 0 Å². The molecular weight excluding hydrogens is 244 g/mol. The normalized spacial score (nSPS) is 10.7. The molecule has 2 aromatic heterocycles. The minimum Gasteiger partial charge on any atom is -0.360 e. The van der Waals surface area contributed by atoms with Crippen LogP contribution >= 0.6 is 15.9 Å². The van der Waals surface area contributed by atoms with E-state index in [1.165, 1.54) is 0 Å². The lowest BCUT2D eigenvalue weighted by atomic mass is 10.1. The highest BCUT2D eigenvalue weighted by molar-refractivity contribution is 9.10. The topological polar surface area (TPSA) is 45.8 Å². The van der Waals surface area contributed by atoms with Crippen molar-refractivity contribution in [3.8, 4) is 0 Å². The Kier molecular flexibility index (Phi) is 2.37. The first kappa shape index (κ1) is 9.40. The molecule has 0 spiro atoms. The number of rotatable bonds is 2. The monoisotopic (exact) mass is 252 g/mol. The first-order chi connectivity index (χ1) is 6.72. The quantitative estimate of drug-likeness (QED) is 0.660. The van der Waals surface area contributed by atoms with E-state index in [4.69, 9.17) is 0 Å². The van der Waals surface area contributed by atoms with Crippen molar-refractivity contribution in [2.75, 3.05) is 0 Å². The van der Waals surface area contributed by atoms with Crippen LogP contribution in [0.3, 0.4) is 0 Å². The van der Waals surface area contributed by atoms with Gasteiger partial charge in [0.2, 0.25) is 0 Å². The molecule has 0 atom stereocenters. The van der Waals surface area contributed by atoms with Crippen molar-refractivity contribution in [2.45, 2.75) is 13.3 Å². The molecule has 72 valence electrons. The zero-order chi connectivity index (χ0) is 10.1. The number of halogens is 1. The van der Waals surface area contributed by atoms with Gasteiger partial charge in [-0.15, -0.1) is 0 Å². The molecule has 0 aromatic carbocycles. The number of Topliss-reactive ketones (excluding diaryl/α,β-unsaturated/α-hetero) is 1. The fraction of sp³-hybridized carbons (Fsp3) is 0.200. The second kappa shape index (κ2) is 3.53. The van der Waals surface area contributed by atoms with Gasteiger partial charge in [0.05, 0.1) is 5.52 Å². The minimum atomic E-state index is 0.139. The molecule has 1 N–H and O–H groups in total. The molecule has 0 saturated heterocycles. The predicted molar refractivity (Wildman–Crippen MR) is 58.4 cm³/mol. The fourth-order valence-electron chi connectivity index (χ4n) is 1.41. The first-order valence-electron chi connectivity index (χ1n) is 4.38. The van der Waals surface area contributed by atoms with Gasteiger partial charge in [-0.05, 0) is 22.0 Å². The average Bonchev–Trinajstić information content (AvgIpc) is 2.59. The summed E-state index contributed by atoms with van der Waals surface area (Å²) in [4.78, 5) is 18.7. The van der Waals surface area contributed by atoms with Crippen molar-refractivity contribution in [1.29, 1.82) is 0 Å². The maximum Gasteiger partial charge on any atom is 0.164 e.